The Bertz CT molecular complexity index is 432. The Balaban J connectivity index is 2.72. The van der Waals surface area contributed by atoms with Crippen LogP contribution in [0.15, 0.2) is 0 Å². The topological polar surface area (TPSA) is 137 Å². The highest BCUT2D eigenvalue weighted by molar-refractivity contribution is 7.80. The summed E-state index contributed by atoms with van der Waals surface area (Å²) in [6.45, 7) is 4.69. The van der Waals surface area contributed by atoms with Crippen LogP contribution in [0.5, 0.6) is 0 Å². The molecule has 1 rings (SSSR count). The van der Waals surface area contributed by atoms with Crippen LogP contribution in [0.4, 0.5) is 0 Å². The summed E-state index contributed by atoms with van der Waals surface area (Å²) in [4.78, 5) is 0. The lowest BCUT2D eigenvalue weighted by Gasteiger charge is -2.34. The molecular formula is C18H37N3O5S. The number of aliphatic hydroxyl groups is 5. The third-order valence-electron chi connectivity index (χ3n) is 5.12. The lowest BCUT2D eigenvalue weighted by molar-refractivity contribution is -0.0816. The molecule has 9 heteroatoms. The number of hydrogen-bond donors (Lipinski definition) is 8. The van der Waals surface area contributed by atoms with Crippen molar-refractivity contribution in [2.45, 2.75) is 95.0 Å². The zero-order valence-electron chi connectivity index (χ0n) is 16.3. The Morgan fingerprint density at radius 2 is 1.74 bits per heavy atom. The Hall–Kier alpha value is -0.550. The third-order valence-corrected chi connectivity index (χ3v) is 5.39. The molecule has 1 aliphatic rings. The lowest BCUT2D eigenvalue weighted by Crippen LogP contribution is -2.57. The first-order chi connectivity index (χ1) is 12.8. The number of aliphatic hydroxyl groups excluding tert-OH is 5. The molecule has 0 amide bonds. The number of hydrogen-bond acceptors (Lipinski definition) is 7. The fraction of sp³-hybridized carbons (Fsp3) is 0.944. The summed E-state index contributed by atoms with van der Waals surface area (Å²) in [6.07, 6.45) is -1.22. The second-order valence-corrected chi connectivity index (χ2v) is 7.73. The lowest BCUT2D eigenvalue weighted by atomic mass is 9.90. The molecule has 7 atom stereocenters. The Kier molecular flexibility index (Phi) is 11.6. The average molecular weight is 408 g/mol. The largest absolute Gasteiger partial charge is 0.393 e. The fourth-order valence-corrected chi connectivity index (χ4v) is 3.59. The van der Waals surface area contributed by atoms with E-state index < -0.39 is 42.6 Å². The van der Waals surface area contributed by atoms with E-state index in [1.165, 1.54) is 0 Å². The summed E-state index contributed by atoms with van der Waals surface area (Å²) in [5, 5.41) is 60.4. The molecule has 1 aliphatic carbocycles. The van der Waals surface area contributed by atoms with E-state index in [-0.39, 0.29) is 13.0 Å². The third kappa shape index (κ3) is 8.55. The zero-order chi connectivity index (χ0) is 20.4. The summed E-state index contributed by atoms with van der Waals surface area (Å²) >= 11 is 5.21. The molecule has 160 valence electrons. The van der Waals surface area contributed by atoms with Gasteiger partial charge in [-0.2, -0.15) is 0 Å². The minimum atomic E-state index is -1.20. The normalized spacial score (nSPS) is 29.9. The van der Waals surface area contributed by atoms with Crippen LogP contribution >= 0.6 is 12.2 Å². The molecule has 27 heavy (non-hydrogen) atoms. The molecule has 8 N–H and O–H groups in total. The van der Waals surface area contributed by atoms with Crippen molar-refractivity contribution < 1.29 is 25.5 Å². The molecule has 1 fully saturated rings. The summed E-state index contributed by atoms with van der Waals surface area (Å²) in [5.41, 5.74) is 0. The van der Waals surface area contributed by atoms with Crippen molar-refractivity contribution in [1.82, 2.24) is 16.0 Å². The maximum Gasteiger partial charge on any atom is 0.166 e. The first kappa shape index (κ1) is 24.5. The second kappa shape index (κ2) is 12.8. The van der Waals surface area contributed by atoms with Crippen molar-refractivity contribution in [3.63, 3.8) is 0 Å². The molecule has 8 nitrogen and oxygen atoms in total. The Labute approximate surface area is 167 Å². The van der Waals surface area contributed by atoms with Crippen molar-refractivity contribution in [3.05, 3.63) is 0 Å². The van der Waals surface area contributed by atoms with Crippen LogP contribution in [0, 0.1) is 0 Å². The predicted octanol–water partition coefficient (Wildman–Crippen LogP) is -1.02. The standard InChI is InChI=1S/C18H37N3O5S/c1-3-11(22)9-15(24)13(21-18(27)19-4-2)10-20-12-7-5-6-8-14(23)17(26)16(12)25/h11-17,20,22-26H,3-10H2,1-2H3,(H2,19,21,27). The maximum absolute atomic E-state index is 10.5. The summed E-state index contributed by atoms with van der Waals surface area (Å²) in [6, 6.07) is -0.882. The van der Waals surface area contributed by atoms with Crippen molar-refractivity contribution in [3.8, 4) is 0 Å². The van der Waals surface area contributed by atoms with E-state index in [1.54, 1.807) is 0 Å². The van der Waals surface area contributed by atoms with Gasteiger partial charge < -0.3 is 41.5 Å². The molecule has 0 radical (unpaired) electrons. The first-order valence-corrected chi connectivity index (χ1v) is 10.4. The van der Waals surface area contributed by atoms with Crippen molar-refractivity contribution >= 4 is 17.3 Å². The van der Waals surface area contributed by atoms with Crippen molar-refractivity contribution in [1.29, 1.82) is 0 Å². The van der Waals surface area contributed by atoms with Gasteiger partial charge in [0.15, 0.2) is 5.11 Å². The van der Waals surface area contributed by atoms with Crippen LogP contribution in [-0.4, -0.2) is 86.3 Å². The smallest absolute Gasteiger partial charge is 0.166 e. The molecule has 0 aromatic heterocycles. The molecule has 0 spiro atoms. The number of nitrogens with one attached hydrogen (secondary N) is 3. The highest BCUT2D eigenvalue weighted by Crippen LogP contribution is 2.19. The highest BCUT2D eigenvalue weighted by atomic mass is 32.1. The van der Waals surface area contributed by atoms with Crippen molar-refractivity contribution in [2.24, 2.45) is 0 Å². The summed E-state index contributed by atoms with van der Waals surface area (Å²) in [7, 11) is 0. The maximum atomic E-state index is 10.5. The van der Waals surface area contributed by atoms with E-state index in [2.05, 4.69) is 16.0 Å². The van der Waals surface area contributed by atoms with Crippen LogP contribution < -0.4 is 16.0 Å². The molecular weight excluding hydrogens is 370 g/mol. The highest BCUT2D eigenvalue weighted by Gasteiger charge is 2.33. The quantitative estimate of drug-likeness (QED) is 0.226. The number of rotatable bonds is 9. The van der Waals surface area contributed by atoms with E-state index in [0.717, 1.165) is 12.8 Å². The van der Waals surface area contributed by atoms with Gasteiger partial charge in [0.25, 0.3) is 0 Å². The van der Waals surface area contributed by atoms with Gasteiger partial charge in [0.05, 0.1) is 30.5 Å². The van der Waals surface area contributed by atoms with Crippen LogP contribution in [-0.2, 0) is 0 Å². The Morgan fingerprint density at radius 3 is 2.37 bits per heavy atom. The van der Waals surface area contributed by atoms with Crippen LogP contribution in [0.25, 0.3) is 0 Å². The second-order valence-electron chi connectivity index (χ2n) is 7.32. The van der Waals surface area contributed by atoms with Crippen molar-refractivity contribution in [2.75, 3.05) is 13.1 Å². The van der Waals surface area contributed by atoms with Gasteiger partial charge in [-0.05, 0) is 38.4 Å². The molecule has 0 aromatic carbocycles. The summed E-state index contributed by atoms with van der Waals surface area (Å²) < 4.78 is 0. The van der Waals surface area contributed by atoms with Gasteiger partial charge in [0.1, 0.15) is 6.10 Å². The van der Waals surface area contributed by atoms with Crippen LogP contribution in [0.1, 0.15) is 52.4 Å². The minimum absolute atomic E-state index is 0.207. The molecule has 0 bridgehead atoms. The van der Waals surface area contributed by atoms with Crippen LogP contribution in [0.2, 0.25) is 0 Å². The van der Waals surface area contributed by atoms with Gasteiger partial charge in [-0.15, -0.1) is 0 Å². The number of thiocarbonyl (C=S) groups is 1. The van der Waals surface area contributed by atoms with E-state index in [4.69, 9.17) is 12.2 Å². The molecule has 0 aromatic rings. The first-order valence-electron chi connectivity index (χ1n) is 9.98. The van der Waals surface area contributed by atoms with E-state index in [1.807, 2.05) is 13.8 Å². The monoisotopic (exact) mass is 407 g/mol. The van der Waals surface area contributed by atoms with Gasteiger partial charge in [0.2, 0.25) is 0 Å². The van der Waals surface area contributed by atoms with Crippen LogP contribution in [0.3, 0.4) is 0 Å². The van der Waals surface area contributed by atoms with E-state index in [9.17, 15) is 25.5 Å². The Morgan fingerprint density at radius 1 is 1.07 bits per heavy atom. The van der Waals surface area contributed by atoms with Gasteiger partial charge in [-0.25, -0.2) is 0 Å². The van der Waals surface area contributed by atoms with E-state index >= 15 is 0 Å². The average Bonchev–Trinajstić information content (AvgIpc) is 2.64. The minimum Gasteiger partial charge on any atom is -0.393 e. The van der Waals surface area contributed by atoms with Gasteiger partial charge in [-0.1, -0.05) is 19.8 Å². The summed E-state index contributed by atoms with van der Waals surface area (Å²) in [5.74, 6) is 0. The molecule has 1 saturated carbocycles. The molecule has 0 heterocycles. The molecule has 7 unspecified atom stereocenters. The van der Waals surface area contributed by atoms with E-state index in [0.29, 0.717) is 30.9 Å². The SMILES string of the molecule is CCNC(=S)NC(CNC1CCCCC(O)C(O)C1O)C(O)CC(O)CC. The molecule has 0 saturated heterocycles. The van der Waals surface area contributed by atoms with Gasteiger partial charge >= 0.3 is 0 Å². The molecule has 0 aliphatic heterocycles. The predicted molar refractivity (Wildman–Crippen MR) is 108 cm³/mol. The van der Waals surface area contributed by atoms with Gasteiger partial charge in [0, 0.05) is 25.6 Å². The fourth-order valence-electron chi connectivity index (χ4n) is 3.30. The van der Waals surface area contributed by atoms with Gasteiger partial charge in [-0.3, -0.25) is 0 Å². The zero-order valence-corrected chi connectivity index (χ0v) is 17.2.